The van der Waals surface area contributed by atoms with Gasteiger partial charge in [0.05, 0.1) is 0 Å². The van der Waals surface area contributed by atoms with Gasteiger partial charge in [-0.2, -0.15) is 17.2 Å². The maximum atomic E-state index is 13.1. The molecule has 10 heteroatoms. The molecule has 1 aliphatic heterocycles. The predicted octanol–water partition coefficient (Wildman–Crippen LogP) is 3.16. The van der Waals surface area contributed by atoms with Gasteiger partial charge >= 0.3 is 21.8 Å². The van der Waals surface area contributed by atoms with Crippen molar-refractivity contribution in [1.29, 1.82) is 0 Å². The zero-order chi connectivity index (χ0) is 17.7. The van der Waals surface area contributed by atoms with Crippen molar-refractivity contribution in [3.05, 3.63) is 12.4 Å². The summed E-state index contributed by atoms with van der Waals surface area (Å²) in [5.41, 5.74) is 0. The van der Waals surface area contributed by atoms with Crippen LogP contribution in [0, 0.1) is 0 Å². The normalized spacial score (nSPS) is 19.2. The van der Waals surface area contributed by atoms with Crippen LogP contribution in [0.15, 0.2) is 12.4 Å². The molecule has 136 valence electrons. The lowest BCUT2D eigenvalue weighted by atomic mass is 10.1. The number of unbranched alkanes of at least 4 members (excludes halogenated alkanes) is 4. The molecular weight excluding hydrogens is 340 g/mol. The Morgan fingerprint density at radius 1 is 1.17 bits per heavy atom. The Labute approximate surface area is 134 Å². The van der Waals surface area contributed by atoms with Crippen molar-refractivity contribution >= 4 is 10.1 Å². The molecule has 1 heterocycles. The van der Waals surface area contributed by atoms with Crippen molar-refractivity contribution < 1.29 is 30.2 Å². The van der Waals surface area contributed by atoms with Crippen LogP contribution < -0.4 is 0 Å². The van der Waals surface area contributed by atoms with Crippen molar-refractivity contribution in [3.63, 3.8) is 0 Å². The fourth-order valence-corrected chi connectivity index (χ4v) is 2.88. The van der Waals surface area contributed by atoms with Gasteiger partial charge in [0.25, 0.3) is 0 Å². The molecule has 0 saturated heterocycles. The van der Waals surface area contributed by atoms with Gasteiger partial charge in [0.2, 0.25) is 6.35 Å². The van der Waals surface area contributed by atoms with E-state index in [2.05, 4.69) is 11.1 Å². The molecule has 1 rings (SSSR count). The first-order valence-electron chi connectivity index (χ1n) is 7.38. The highest BCUT2D eigenvalue weighted by Crippen LogP contribution is 2.32. The summed E-state index contributed by atoms with van der Waals surface area (Å²) in [7, 11) is -4.34. The minimum absolute atomic E-state index is 0.380. The van der Waals surface area contributed by atoms with Gasteiger partial charge in [-0.25, -0.2) is 13.0 Å². The zero-order valence-electron chi connectivity index (χ0n) is 13.1. The number of halogens is 4. The topological polar surface area (TPSA) is 49.9 Å². The third kappa shape index (κ3) is 4.97. The van der Waals surface area contributed by atoms with Gasteiger partial charge in [-0.1, -0.05) is 32.6 Å². The Balaban J connectivity index is 2.66. The Hall–Kier alpha value is -1.03. The molecule has 0 saturated carbocycles. The molecule has 0 N–H and O–H groups in total. The van der Waals surface area contributed by atoms with Gasteiger partial charge < -0.3 is 9.80 Å². The highest BCUT2D eigenvalue weighted by Gasteiger charge is 2.57. The first kappa shape index (κ1) is 20.0. The molecule has 0 spiro atoms. The number of hydrogen-bond donors (Lipinski definition) is 0. The fourth-order valence-electron chi connectivity index (χ4n) is 2.06. The predicted molar refractivity (Wildman–Crippen MR) is 77.1 cm³/mol. The lowest BCUT2D eigenvalue weighted by Crippen LogP contribution is -2.46. The van der Waals surface area contributed by atoms with Gasteiger partial charge in [-0.05, 0) is 6.42 Å². The summed E-state index contributed by atoms with van der Waals surface area (Å²) in [6.45, 7) is 2.45. The molecular formula is C13H22F4N2O3S. The quantitative estimate of drug-likeness (QED) is 0.339. The molecule has 1 aliphatic rings. The molecule has 0 aliphatic carbocycles. The molecule has 1 unspecified atom stereocenters. The molecule has 23 heavy (non-hydrogen) atoms. The molecule has 0 bridgehead atoms. The van der Waals surface area contributed by atoms with Crippen LogP contribution in [0.4, 0.5) is 17.6 Å². The van der Waals surface area contributed by atoms with Crippen molar-refractivity contribution in [2.45, 2.75) is 57.1 Å². The monoisotopic (exact) mass is 362 g/mol. The smallest absolute Gasteiger partial charge is 0.336 e. The van der Waals surface area contributed by atoms with Crippen LogP contribution in [0.5, 0.6) is 0 Å². The minimum Gasteiger partial charge on any atom is -0.336 e. The standard InChI is InChI=1S/C13H22F4N2O3S/c1-3-4-5-6-7-8-19-10-9-18(2)12(19)22-23(20,21)13(16,17)11(14)15/h9-12H,3-8H2,1-2H3. The van der Waals surface area contributed by atoms with Crippen LogP contribution >= 0.6 is 0 Å². The van der Waals surface area contributed by atoms with E-state index in [9.17, 15) is 26.0 Å². The average molecular weight is 362 g/mol. The number of alkyl halides is 4. The molecule has 0 aromatic heterocycles. The van der Waals surface area contributed by atoms with E-state index in [4.69, 9.17) is 0 Å². The highest BCUT2D eigenvalue weighted by atomic mass is 32.2. The van der Waals surface area contributed by atoms with E-state index >= 15 is 0 Å². The van der Waals surface area contributed by atoms with Gasteiger partial charge in [-0.15, -0.1) is 0 Å². The first-order chi connectivity index (χ1) is 10.6. The van der Waals surface area contributed by atoms with Crippen molar-refractivity contribution in [2.75, 3.05) is 13.6 Å². The van der Waals surface area contributed by atoms with Gasteiger partial charge in [-0.3, -0.25) is 0 Å². The maximum Gasteiger partial charge on any atom is 0.428 e. The Morgan fingerprint density at radius 2 is 1.78 bits per heavy atom. The number of rotatable bonds is 10. The largest absolute Gasteiger partial charge is 0.428 e. The third-order valence-corrected chi connectivity index (χ3v) is 4.72. The van der Waals surface area contributed by atoms with E-state index in [0.717, 1.165) is 25.7 Å². The second-order valence-electron chi connectivity index (χ2n) is 5.35. The summed E-state index contributed by atoms with van der Waals surface area (Å²) in [5.74, 6) is 0. The van der Waals surface area contributed by atoms with Crippen molar-refractivity contribution in [3.8, 4) is 0 Å². The highest BCUT2D eigenvalue weighted by molar-refractivity contribution is 7.87. The number of nitrogens with zero attached hydrogens (tertiary/aromatic N) is 2. The van der Waals surface area contributed by atoms with Crippen LogP contribution in [-0.2, 0) is 14.3 Å². The van der Waals surface area contributed by atoms with Crippen LogP contribution in [0.25, 0.3) is 0 Å². The second-order valence-corrected chi connectivity index (χ2v) is 7.00. The summed E-state index contributed by atoms with van der Waals surface area (Å²) in [6, 6.07) is 0. The lowest BCUT2D eigenvalue weighted by Gasteiger charge is -2.30. The third-order valence-electron chi connectivity index (χ3n) is 3.45. The summed E-state index contributed by atoms with van der Waals surface area (Å²) < 4.78 is 77.9. The molecule has 0 aromatic rings. The van der Waals surface area contributed by atoms with E-state index in [-0.39, 0.29) is 0 Å². The fraction of sp³-hybridized carbons (Fsp3) is 0.846. The summed E-state index contributed by atoms with van der Waals surface area (Å²) in [4.78, 5) is 2.62. The number of hydrogen-bond acceptors (Lipinski definition) is 5. The summed E-state index contributed by atoms with van der Waals surface area (Å²) in [6.07, 6.45) is 1.96. The molecule has 0 radical (unpaired) electrons. The SMILES string of the molecule is CCCCCCCN1C=CN(C)C1OS(=O)(=O)C(F)(F)C(F)F. The van der Waals surface area contributed by atoms with E-state index < -0.39 is 28.1 Å². The Bertz CT molecular complexity index is 499. The van der Waals surface area contributed by atoms with E-state index in [1.165, 1.54) is 29.2 Å². The van der Waals surface area contributed by atoms with Crippen LogP contribution in [0.1, 0.15) is 39.0 Å². The average Bonchev–Trinajstić information content (AvgIpc) is 2.79. The molecule has 0 fully saturated rings. The van der Waals surface area contributed by atoms with E-state index in [1.807, 2.05) is 0 Å². The summed E-state index contributed by atoms with van der Waals surface area (Å²) in [5, 5.41) is -5.25. The van der Waals surface area contributed by atoms with E-state index in [0.29, 0.717) is 13.0 Å². The molecule has 5 nitrogen and oxygen atoms in total. The molecule has 0 aromatic carbocycles. The van der Waals surface area contributed by atoms with Crippen LogP contribution in [0.3, 0.4) is 0 Å². The van der Waals surface area contributed by atoms with Crippen molar-refractivity contribution in [1.82, 2.24) is 9.80 Å². The Morgan fingerprint density at radius 3 is 2.35 bits per heavy atom. The van der Waals surface area contributed by atoms with Crippen LogP contribution in [-0.4, -0.2) is 49.8 Å². The minimum atomic E-state index is -5.75. The van der Waals surface area contributed by atoms with Gasteiger partial charge in [0.1, 0.15) is 0 Å². The van der Waals surface area contributed by atoms with Gasteiger partial charge in [0.15, 0.2) is 0 Å². The van der Waals surface area contributed by atoms with Crippen LogP contribution in [0.2, 0.25) is 0 Å². The zero-order valence-corrected chi connectivity index (χ0v) is 13.9. The maximum absolute atomic E-state index is 13.1. The second kappa shape index (κ2) is 8.18. The lowest BCUT2D eigenvalue weighted by molar-refractivity contribution is -0.0852. The van der Waals surface area contributed by atoms with Crippen molar-refractivity contribution in [2.24, 2.45) is 0 Å². The molecule has 1 atom stereocenters. The first-order valence-corrected chi connectivity index (χ1v) is 8.79. The van der Waals surface area contributed by atoms with E-state index in [1.54, 1.807) is 0 Å². The van der Waals surface area contributed by atoms with Gasteiger partial charge in [0, 0.05) is 26.0 Å². The summed E-state index contributed by atoms with van der Waals surface area (Å²) >= 11 is 0. The Kier molecular flexibility index (Phi) is 7.12. The molecule has 0 amide bonds.